The second-order valence-electron chi connectivity index (χ2n) is 29.8. The Kier molecular flexibility index (Phi) is 65.9. The standard InChI is InChI=1S/C78H152O17P2/c1-9-71(8)57-49-41-33-25-18-16-14-12-10-11-13-15-17-19-27-35-44-52-60-77(82)94-74(65-89-76(81)59-51-43-37-29-32-40-48-56-70(6)7)67-93-97(86,87)91-63-72(79)62-90-96(84,85)92-66-73(95-78(83)61-53-45-36-28-22-24-31-39-47-55-69(4)5)64-88-75(80)58-50-42-34-26-21-20-23-30-38-46-54-68(2)3/h68-74,79H,9-67H2,1-8H3,(H,84,85)(H,86,87)/t71?,72?,73-,74-/m1/s1. The zero-order valence-corrected chi connectivity index (χ0v) is 65.5. The van der Waals surface area contributed by atoms with E-state index in [-0.39, 0.29) is 25.7 Å². The first kappa shape index (κ1) is 95.1. The van der Waals surface area contributed by atoms with E-state index in [1.165, 1.54) is 193 Å². The molecule has 6 atom stereocenters. The van der Waals surface area contributed by atoms with Gasteiger partial charge >= 0.3 is 39.5 Å². The van der Waals surface area contributed by atoms with Gasteiger partial charge in [0.05, 0.1) is 26.4 Å². The van der Waals surface area contributed by atoms with Gasteiger partial charge in [0.2, 0.25) is 0 Å². The molecule has 0 aromatic carbocycles. The summed E-state index contributed by atoms with van der Waals surface area (Å²) in [6.07, 6.45) is 52.9. The molecule has 0 heterocycles. The van der Waals surface area contributed by atoms with E-state index in [4.69, 9.17) is 37.0 Å². The number of aliphatic hydroxyl groups is 1. The fraction of sp³-hybridized carbons (Fsp3) is 0.949. The summed E-state index contributed by atoms with van der Waals surface area (Å²) in [5, 5.41) is 10.6. The van der Waals surface area contributed by atoms with Crippen molar-refractivity contribution in [2.45, 2.75) is 414 Å². The minimum Gasteiger partial charge on any atom is -0.462 e. The van der Waals surface area contributed by atoms with Crippen molar-refractivity contribution in [1.29, 1.82) is 0 Å². The van der Waals surface area contributed by atoms with Crippen LogP contribution in [-0.4, -0.2) is 96.7 Å². The Balaban J connectivity index is 5.18. The van der Waals surface area contributed by atoms with Gasteiger partial charge in [-0.15, -0.1) is 0 Å². The number of hydrogen-bond donors (Lipinski definition) is 3. The van der Waals surface area contributed by atoms with Gasteiger partial charge in [0, 0.05) is 25.7 Å². The highest BCUT2D eigenvalue weighted by atomic mass is 31.2. The third-order valence-corrected chi connectivity index (χ3v) is 20.3. The summed E-state index contributed by atoms with van der Waals surface area (Å²) in [5.74, 6) is 0.950. The Morgan fingerprint density at radius 1 is 0.289 bits per heavy atom. The van der Waals surface area contributed by atoms with Gasteiger partial charge in [0.1, 0.15) is 19.3 Å². The van der Waals surface area contributed by atoms with Crippen molar-refractivity contribution in [3.63, 3.8) is 0 Å². The van der Waals surface area contributed by atoms with E-state index in [1.54, 1.807) is 0 Å². The normalized spacial score (nSPS) is 14.4. The molecule has 0 radical (unpaired) electrons. The Bertz CT molecular complexity index is 1900. The minimum atomic E-state index is -4.96. The molecular formula is C78H152O17P2. The molecule has 0 aliphatic heterocycles. The first-order valence-corrected chi connectivity index (χ1v) is 43.2. The smallest absolute Gasteiger partial charge is 0.462 e. The van der Waals surface area contributed by atoms with Crippen molar-refractivity contribution < 1.29 is 80.2 Å². The first-order valence-electron chi connectivity index (χ1n) is 40.2. The predicted octanol–water partition coefficient (Wildman–Crippen LogP) is 22.8. The summed E-state index contributed by atoms with van der Waals surface area (Å²) < 4.78 is 68.5. The van der Waals surface area contributed by atoms with Crippen LogP contribution in [0, 0.1) is 23.7 Å². The Morgan fingerprint density at radius 3 is 0.732 bits per heavy atom. The summed E-state index contributed by atoms with van der Waals surface area (Å²) >= 11 is 0. The summed E-state index contributed by atoms with van der Waals surface area (Å²) in [5.41, 5.74) is 0. The third-order valence-electron chi connectivity index (χ3n) is 18.4. The molecule has 0 rings (SSSR count). The first-order chi connectivity index (χ1) is 46.6. The van der Waals surface area contributed by atoms with E-state index in [2.05, 4.69) is 55.4 Å². The van der Waals surface area contributed by atoms with Crippen LogP contribution in [0.2, 0.25) is 0 Å². The molecule has 576 valence electrons. The van der Waals surface area contributed by atoms with Crippen molar-refractivity contribution in [1.82, 2.24) is 0 Å². The van der Waals surface area contributed by atoms with Crippen molar-refractivity contribution in [2.75, 3.05) is 39.6 Å². The van der Waals surface area contributed by atoms with Crippen LogP contribution in [0.3, 0.4) is 0 Å². The molecular weight excluding hydrogens is 1270 g/mol. The summed E-state index contributed by atoms with van der Waals surface area (Å²) in [4.78, 5) is 72.8. The zero-order chi connectivity index (χ0) is 71.7. The van der Waals surface area contributed by atoms with Crippen molar-refractivity contribution in [3.8, 4) is 0 Å². The number of rotatable bonds is 75. The van der Waals surface area contributed by atoms with Crippen molar-refractivity contribution >= 4 is 39.5 Å². The van der Waals surface area contributed by atoms with Crippen LogP contribution in [0.25, 0.3) is 0 Å². The second kappa shape index (κ2) is 67.2. The SMILES string of the molecule is CCC(C)CCCCCCCCCCCCCCCCCCCCC(=O)O[C@H](COC(=O)CCCCCCCCCC(C)C)COP(=O)(O)OCC(O)COP(=O)(O)OC[C@@H](COC(=O)CCCCCCCCCCCCC(C)C)OC(=O)CCCCCCCCCCCC(C)C. The van der Waals surface area contributed by atoms with E-state index < -0.39 is 97.5 Å². The summed E-state index contributed by atoms with van der Waals surface area (Å²) in [6, 6.07) is 0. The van der Waals surface area contributed by atoms with E-state index in [0.29, 0.717) is 31.6 Å². The Labute approximate surface area is 594 Å². The molecule has 0 aromatic rings. The fourth-order valence-corrected chi connectivity index (χ4v) is 13.5. The number of phosphoric ester groups is 2. The molecule has 0 spiro atoms. The molecule has 0 saturated heterocycles. The van der Waals surface area contributed by atoms with Crippen LogP contribution < -0.4 is 0 Å². The number of carbonyl (C=O) groups is 4. The van der Waals surface area contributed by atoms with Gasteiger partial charge in [-0.1, -0.05) is 344 Å². The van der Waals surface area contributed by atoms with Gasteiger partial charge in [-0.25, -0.2) is 9.13 Å². The minimum absolute atomic E-state index is 0.105. The number of hydrogen-bond acceptors (Lipinski definition) is 15. The highest BCUT2D eigenvalue weighted by Crippen LogP contribution is 2.45. The van der Waals surface area contributed by atoms with E-state index in [1.807, 2.05) is 0 Å². The highest BCUT2D eigenvalue weighted by Gasteiger charge is 2.30. The largest absolute Gasteiger partial charge is 0.472 e. The number of aliphatic hydroxyl groups excluding tert-OH is 1. The van der Waals surface area contributed by atoms with Crippen molar-refractivity contribution in [3.05, 3.63) is 0 Å². The van der Waals surface area contributed by atoms with Gasteiger partial charge in [-0.05, 0) is 49.4 Å². The number of esters is 4. The fourth-order valence-electron chi connectivity index (χ4n) is 11.9. The molecule has 0 saturated carbocycles. The Hall–Kier alpha value is -1.94. The molecule has 0 amide bonds. The molecule has 0 aromatic heterocycles. The molecule has 0 aliphatic rings. The maximum Gasteiger partial charge on any atom is 0.472 e. The summed E-state index contributed by atoms with van der Waals surface area (Å²) in [6.45, 7) is 14.2. The number of unbranched alkanes of at least 4 members (excludes halogenated alkanes) is 40. The molecule has 19 heteroatoms. The van der Waals surface area contributed by atoms with Crippen LogP contribution >= 0.6 is 15.6 Å². The van der Waals surface area contributed by atoms with Crippen LogP contribution in [0.5, 0.6) is 0 Å². The predicted molar refractivity (Wildman–Crippen MR) is 395 cm³/mol. The quantitative estimate of drug-likeness (QED) is 0.0222. The number of carbonyl (C=O) groups excluding carboxylic acids is 4. The maximum atomic E-state index is 13.1. The van der Waals surface area contributed by atoms with Crippen LogP contribution in [-0.2, 0) is 65.4 Å². The van der Waals surface area contributed by atoms with Crippen LogP contribution in [0.4, 0.5) is 0 Å². The van der Waals surface area contributed by atoms with Crippen molar-refractivity contribution in [2.24, 2.45) is 23.7 Å². The lowest BCUT2D eigenvalue weighted by atomic mass is 9.99. The average molecular weight is 1420 g/mol. The third kappa shape index (κ3) is 70.9. The molecule has 17 nitrogen and oxygen atoms in total. The lowest BCUT2D eigenvalue weighted by molar-refractivity contribution is -0.161. The summed E-state index contributed by atoms with van der Waals surface area (Å²) in [7, 11) is -9.91. The average Bonchev–Trinajstić information content (AvgIpc) is 1.26. The van der Waals surface area contributed by atoms with Gasteiger partial charge in [0.25, 0.3) is 0 Å². The monoisotopic (exact) mass is 1420 g/mol. The molecule has 97 heavy (non-hydrogen) atoms. The van der Waals surface area contributed by atoms with Gasteiger partial charge in [-0.3, -0.25) is 37.3 Å². The Morgan fingerprint density at radius 2 is 0.495 bits per heavy atom. The van der Waals surface area contributed by atoms with Gasteiger partial charge in [0.15, 0.2) is 12.2 Å². The van der Waals surface area contributed by atoms with E-state index in [9.17, 15) is 43.2 Å². The second-order valence-corrected chi connectivity index (χ2v) is 32.7. The van der Waals surface area contributed by atoms with E-state index >= 15 is 0 Å². The number of phosphoric acid groups is 2. The number of ether oxygens (including phenoxy) is 4. The maximum absolute atomic E-state index is 13.1. The molecule has 0 fully saturated rings. The molecule has 0 bridgehead atoms. The molecule has 0 aliphatic carbocycles. The van der Waals surface area contributed by atoms with Gasteiger partial charge < -0.3 is 33.8 Å². The topological polar surface area (TPSA) is 237 Å². The van der Waals surface area contributed by atoms with Crippen LogP contribution in [0.1, 0.15) is 396 Å². The lowest BCUT2D eigenvalue weighted by Crippen LogP contribution is -2.30. The van der Waals surface area contributed by atoms with Crippen LogP contribution in [0.15, 0.2) is 0 Å². The van der Waals surface area contributed by atoms with Gasteiger partial charge in [-0.2, -0.15) is 0 Å². The lowest BCUT2D eigenvalue weighted by Gasteiger charge is -2.21. The molecule has 4 unspecified atom stereocenters. The molecule has 3 N–H and O–H groups in total. The van der Waals surface area contributed by atoms with E-state index in [0.717, 1.165) is 114 Å². The highest BCUT2D eigenvalue weighted by molar-refractivity contribution is 7.47. The zero-order valence-electron chi connectivity index (χ0n) is 63.7.